The Bertz CT molecular complexity index is 1580. The van der Waals surface area contributed by atoms with Gasteiger partial charge >= 0.3 is 0 Å². The normalized spacial score (nSPS) is 16.0. The van der Waals surface area contributed by atoms with Crippen molar-refractivity contribution in [1.82, 2.24) is 30.5 Å². The molecule has 3 heterocycles. The third kappa shape index (κ3) is 7.85. The van der Waals surface area contributed by atoms with Crippen LogP contribution in [0.5, 0.6) is 11.6 Å². The molecule has 0 saturated carbocycles. The van der Waals surface area contributed by atoms with Gasteiger partial charge in [-0.25, -0.2) is 15.0 Å². The maximum absolute atomic E-state index is 13.9. The Hall–Kier alpha value is -4.76. The van der Waals surface area contributed by atoms with Crippen molar-refractivity contribution in [2.45, 2.75) is 65.1 Å². The Kier molecular flexibility index (Phi) is 10.6. The van der Waals surface area contributed by atoms with Crippen molar-refractivity contribution in [2.75, 3.05) is 32.6 Å². The van der Waals surface area contributed by atoms with Crippen molar-refractivity contribution in [2.24, 2.45) is 5.41 Å². The highest BCUT2D eigenvalue weighted by Gasteiger charge is 2.42. The number of amides is 2. The van der Waals surface area contributed by atoms with E-state index in [2.05, 4.69) is 36.8 Å². The number of Topliss-reactive ketones (excluding diaryl/α,β-unsaturated/α-hetero) is 1. The largest absolute Gasteiger partial charge is 0.496 e. The lowest BCUT2D eigenvalue weighted by Crippen LogP contribution is -2.58. The third-order valence-corrected chi connectivity index (χ3v) is 7.84. The smallest absolute Gasteiger partial charge is 0.246 e. The lowest BCUT2D eigenvalue weighted by molar-refractivity contribution is -0.143. The highest BCUT2D eigenvalue weighted by Crippen LogP contribution is 2.32. The predicted molar refractivity (Wildman–Crippen MR) is 171 cm³/mol. The Morgan fingerprint density at radius 1 is 1.18 bits per heavy atom. The molecule has 0 spiro atoms. The Balaban J connectivity index is 1.57. The highest BCUT2D eigenvalue weighted by molar-refractivity contribution is 5.97. The van der Waals surface area contributed by atoms with Crippen LogP contribution in [0.4, 0.5) is 11.5 Å². The van der Waals surface area contributed by atoms with E-state index >= 15 is 0 Å². The number of aromatic nitrogens is 3. The molecule has 4 rings (SSSR count). The summed E-state index contributed by atoms with van der Waals surface area (Å²) in [6.45, 7) is 8.00. The van der Waals surface area contributed by atoms with E-state index in [9.17, 15) is 14.4 Å². The SMILES string of the molecule is C#CCOc1ccc(Nc2ncnc3cc(OC)c(CC(=O)[C@@H]4CCCN4C(=O)[C@@H](NC(=O)[C@H](C)NC)C(C)(C)C)cc23)cn1. The molecule has 0 unspecified atom stereocenters. The molecule has 3 aromatic rings. The lowest BCUT2D eigenvalue weighted by atomic mass is 9.85. The molecule has 45 heavy (non-hydrogen) atoms. The van der Waals surface area contributed by atoms with Gasteiger partial charge in [-0.15, -0.1) is 6.42 Å². The van der Waals surface area contributed by atoms with Gasteiger partial charge in [-0.2, -0.15) is 0 Å². The van der Waals surface area contributed by atoms with Crippen molar-refractivity contribution in [3.8, 4) is 24.0 Å². The maximum Gasteiger partial charge on any atom is 0.246 e. The molecule has 1 aliphatic rings. The maximum atomic E-state index is 13.9. The fourth-order valence-electron chi connectivity index (χ4n) is 5.23. The number of anilines is 2. The number of pyridine rings is 1. The van der Waals surface area contributed by atoms with E-state index < -0.39 is 23.5 Å². The zero-order chi connectivity index (χ0) is 32.7. The number of ketones is 1. The van der Waals surface area contributed by atoms with Crippen LogP contribution in [0.15, 0.2) is 36.8 Å². The molecule has 1 saturated heterocycles. The summed E-state index contributed by atoms with van der Waals surface area (Å²) in [6.07, 6.45) is 9.56. The molecule has 12 heteroatoms. The molecule has 0 bridgehead atoms. The van der Waals surface area contributed by atoms with Crippen molar-refractivity contribution >= 4 is 40.0 Å². The van der Waals surface area contributed by atoms with E-state index in [1.54, 1.807) is 50.4 Å². The first-order valence-corrected chi connectivity index (χ1v) is 14.9. The van der Waals surface area contributed by atoms with Crippen LogP contribution in [0.2, 0.25) is 0 Å². The summed E-state index contributed by atoms with van der Waals surface area (Å²) < 4.78 is 11.0. The average Bonchev–Trinajstić information content (AvgIpc) is 3.52. The van der Waals surface area contributed by atoms with E-state index in [-0.39, 0.29) is 30.6 Å². The number of likely N-dealkylation sites (N-methyl/N-ethyl adjacent to an activating group) is 1. The number of hydrogen-bond donors (Lipinski definition) is 3. The van der Waals surface area contributed by atoms with Crippen molar-refractivity contribution in [1.29, 1.82) is 0 Å². The number of hydrogen-bond acceptors (Lipinski definition) is 10. The van der Waals surface area contributed by atoms with Crippen molar-refractivity contribution in [3.05, 3.63) is 42.4 Å². The summed E-state index contributed by atoms with van der Waals surface area (Å²) in [4.78, 5) is 55.1. The Labute approximate surface area is 263 Å². The highest BCUT2D eigenvalue weighted by atomic mass is 16.5. The monoisotopic (exact) mass is 615 g/mol. The van der Waals surface area contributed by atoms with Crippen LogP contribution >= 0.6 is 0 Å². The number of nitrogens with one attached hydrogen (secondary N) is 3. The molecule has 12 nitrogen and oxygen atoms in total. The molecule has 3 N–H and O–H groups in total. The van der Waals surface area contributed by atoms with Gasteiger partial charge in [0, 0.05) is 36.0 Å². The number of likely N-dealkylation sites (tertiary alicyclic amines) is 1. The fourth-order valence-corrected chi connectivity index (χ4v) is 5.23. The molecule has 0 radical (unpaired) electrons. The Morgan fingerprint density at radius 3 is 2.60 bits per heavy atom. The number of fused-ring (bicyclic) bond motifs is 1. The van der Waals surface area contributed by atoms with E-state index in [0.29, 0.717) is 59.0 Å². The third-order valence-electron chi connectivity index (χ3n) is 7.84. The number of nitrogens with zero attached hydrogens (tertiary/aromatic N) is 4. The molecule has 1 fully saturated rings. The second-order valence-corrected chi connectivity index (χ2v) is 12.1. The minimum Gasteiger partial charge on any atom is -0.496 e. The fraction of sp³-hybridized carbons (Fsp3) is 0.455. The molecule has 3 atom stereocenters. The summed E-state index contributed by atoms with van der Waals surface area (Å²) in [5.74, 6) is 3.19. The molecule has 2 aromatic heterocycles. The first-order valence-electron chi connectivity index (χ1n) is 14.9. The van der Waals surface area contributed by atoms with E-state index in [1.807, 2.05) is 26.8 Å². The van der Waals surface area contributed by atoms with E-state index in [4.69, 9.17) is 15.9 Å². The first-order chi connectivity index (χ1) is 21.5. The molecule has 1 aromatic carbocycles. The van der Waals surface area contributed by atoms with E-state index in [0.717, 1.165) is 0 Å². The number of carbonyl (C=O) groups is 3. The van der Waals surface area contributed by atoms with Crippen LogP contribution in [0.1, 0.15) is 46.1 Å². The number of ether oxygens (including phenoxy) is 2. The zero-order valence-electron chi connectivity index (χ0n) is 26.6. The molecule has 1 aliphatic heterocycles. The van der Waals surface area contributed by atoms with Crippen molar-refractivity contribution in [3.63, 3.8) is 0 Å². The topological polar surface area (TPSA) is 148 Å². The quantitative estimate of drug-likeness (QED) is 0.260. The van der Waals surface area contributed by atoms with Gasteiger partial charge in [0.15, 0.2) is 12.4 Å². The number of terminal acetylenes is 1. The van der Waals surface area contributed by atoms with Crippen LogP contribution in [-0.4, -0.2) is 82.9 Å². The minimum absolute atomic E-state index is 0.0357. The summed E-state index contributed by atoms with van der Waals surface area (Å²) in [5, 5.41) is 9.74. The van der Waals surface area contributed by atoms with Crippen LogP contribution < -0.4 is 25.4 Å². The van der Waals surface area contributed by atoms with Gasteiger partial charge < -0.3 is 30.3 Å². The van der Waals surface area contributed by atoms with Crippen LogP contribution in [0, 0.1) is 17.8 Å². The molecule has 238 valence electrons. The summed E-state index contributed by atoms with van der Waals surface area (Å²) >= 11 is 0. The minimum atomic E-state index is -0.789. The second kappa shape index (κ2) is 14.3. The summed E-state index contributed by atoms with van der Waals surface area (Å²) in [5.41, 5.74) is 1.37. The van der Waals surface area contributed by atoms with Crippen molar-refractivity contribution < 1.29 is 23.9 Å². The molecule has 0 aliphatic carbocycles. The van der Waals surface area contributed by atoms with Gasteiger partial charge in [-0.3, -0.25) is 14.4 Å². The number of carbonyl (C=O) groups excluding carboxylic acids is 3. The van der Waals surface area contributed by atoms with Gasteiger partial charge in [0.1, 0.15) is 23.9 Å². The zero-order valence-corrected chi connectivity index (χ0v) is 26.6. The van der Waals surface area contributed by atoms with Gasteiger partial charge in [-0.1, -0.05) is 26.7 Å². The molecule has 2 amide bonds. The van der Waals surface area contributed by atoms with Gasteiger partial charge in [0.05, 0.1) is 36.6 Å². The van der Waals surface area contributed by atoms with Crippen LogP contribution in [0.3, 0.4) is 0 Å². The van der Waals surface area contributed by atoms with Crippen LogP contribution in [0.25, 0.3) is 10.9 Å². The summed E-state index contributed by atoms with van der Waals surface area (Å²) in [7, 11) is 3.23. The summed E-state index contributed by atoms with van der Waals surface area (Å²) in [6, 6.07) is 5.22. The molecular weight excluding hydrogens is 574 g/mol. The van der Waals surface area contributed by atoms with Crippen LogP contribution in [-0.2, 0) is 20.8 Å². The number of rotatable bonds is 12. The standard InChI is InChI=1S/C33H41N7O5/c1-8-14-45-28-12-11-22(18-35-28)38-30-23-15-21(27(44-7)17-24(23)36-19-37-30)16-26(41)25-10-9-13-40(25)32(43)29(33(3,4)5)39-31(42)20(2)34-6/h1,11-12,15,17-20,25,29,34H,9-10,13-14,16H2,2-7H3,(H,39,42)(H,36,37,38)/t20-,25-,29+/m0/s1. The Morgan fingerprint density at radius 2 is 1.96 bits per heavy atom. The predicted octanol–water partition coefficient (Wildman–Crippen LogP) is 3.03. The van der Waals surface area contributed by atoms with Gasteiger partial charge in [-0.05, 0) is 44.4 Å². The second-order valence-electron chi connectivity index (χ2n) is 12.1. The van der Waals surface area contributed by atoms with E-state index in [1.165, 1.54) is 6.33 Å². The first kappa shape index (κ1) is 33.1. The average molecular weight is 616 g/mol. The number of benzene rings is 1. The van der Waals surface area contributed by atoms with Gasteiger partial charge in [0.2, 0.25) is 17.7 Å². The van der Waals surface area contributed by atoms with Gasteiger partial charge in [0.25, 0.3) is 0 Å². The molecular formula is C33H41N7O5. The number of methoxy groups -OCH3 is 1. The lowest BCUT2D eigenvalue weighted by Gasteiger charge is -2.36.